The first-order chi connectivity index (χ1) is 7.97. The van der Waals surface area contributed by atoms with Gasteiger partial charge in [-0.15, -0.1) is 0 Å². The van der Waals surface area contributed by atoms with Crippen molar-refractivity contribution < 1.29 is 0 Å². The van der Waals surface area contributed by atoms with Crippen molar-refractivity contribution in [3.8, 4) is 0 Å². The van der Waals surface area contributed by atoms with Crippen LogP contribution in [-0.2, 0) is 0 Å². The number of aromatic nitrogens is 2. The van der Waals surface area contributed by atoms with E-state index >= 15 is 0 Å². The van der Waals surface area contributed by atoms with Crippen LogP contribution in [0.15, 0.2) is 60.9 Å². The smallest absolute Gasteiger partial charge is 0.0970 e. The maximum absolute atomic E-state index is 3.89. The van der Waals surface area contributed by atoms with Crippen molar-refractivity contribution in [2.45, 2.75) is 0 Å². The summed E-state index contributed by atoms with van der Waals surface area (Å²) in [5, 5.41) is 2.27. The molecular weight excluding hydrogens is 196 g/mol. The van der Waals surface area contributed by atoms with E-state index in [2.05, 4.69) is 22.4 Å². The van der Waals surface area contributed by atoms with Gasteiger partial charge in [0, 0.05) is 17.8 Å². The molecule has 76 valence electrons. The largest absolute Gasteiger partial charge is 0.255 e. The Hall–Kier alpha value is -2.22. The zero-order valence-corrected chi connectivity index (χ0v) is 8.67. The fourth-order valence-corrected chi connectivity index (χ4v) is 1.25. The summed E-state index contributed by atoms with van der Waals surface area (Å²) >= 11 is 0. The zero-order valence-electron chi connectivity index (χ0n) is 8.67. The molecule has 2 radical (unpaired) electrons. The Kier molecular flexibility index (Phi) is 3.61. The molecule has 0 aliphatic heterocycles. The third kappa shape index (κ3) is 2.89. The van der Waals surface area contributed by atoms with Crippen LogP contribution >= 0.6 is 0 Å². The van der Waals surface area contributed by atoms with Crippen molar-refractivity contribution in [2.75, 3.05) is 0 Å². The lowest BCUT2D eigenvalue weighted by atomic mass is 10.2. The predicted octanol–water partition coefficient (Wildman–Crippen LogP) is 2.92. The van der Waals surface area contributed by atoms with Crippen molar-refractivity contribution in [1.82, 2.24) is 9.97 Å². The zero-order chi connectivity index (χ0) is 11.1. The minimum Gasteiger partial charge on any atom is -0.255 e. The molecule has 2 nitrogen and oxygen atoms in total. The SMILES string of the molecule is [c]1ccccn1.[c]1nccc2ccccc12. The van der Waals surface area contributed by atoms with Gasteiger partial charge < -0.3 is 0 Å². The second-order valence-corrected chi connectivity index (χ2v) is 3.10. The van der Waals surface area contributed by atoms with E-state index in [0.717, 1.165) is 5.39 Å². The molecule has 2 heteroatoms. The van der Waals surface area contributed by atoms with Crippen LogP contribution in [0.25, 0.3) is 10.8 Å². The minimum absolute atomic E-state index is 1.07. The summed E-state index contributed by atoms with van der Waals surface area (Å²) in [7, 11) is 0. The fourth-order valence-electron chi connectivity index (χ4n) is 1.25. The van der Waals surface area contributed by atoms with Crippen LogP contribution in [0.4, 0.5) is 0 Å². The van der Waals surface area contributed by atoms with Crippen LogP contribution in [0.1, 0.15) is 0 Å². The van der Waals surface area contributed by atoms with Crippen LogP contribution in [-0.4, -0.2) is 9.97 Å². The van der Waals surface area contributed by atoms with Gasteiger partial charge in [0.1, 0.15) is 0 Å². The highest BCUT2D eigenvalue weighted by Gasteiger charge is 1.86. The van der Waals surface area contributed by atoms with Gasteiger partial charge in [0.25, 0.3) is 0 Å². The number of benzene rings is 1. The van der Waals surface area contributed by atoms with Crippen molar-refractivity contribution >= 4 is 10.8 Å². The molecule has 1 aromatic carbocycles. The molecule has 0 unspecified atom stereocenters. The van der Waals surface area contributed by atoms with Gasteiger partial charge in [-0.2, -0.15) is 0 Å². The average molecular weight is 206 g/mol. The van der Waals surface area contributed by atoms with Gasteiger partial charge in [0.15, 0.2) is 0 Å². The van der Waals surface area contributed by atoms with Crippen molar-refractivity contribution in [1.29, 1.82) is 0 Å². The van der Waals surface area contributed by atoms with E-state index < -0.39 is 0 Å². The lowest BCUT2D eigenvalue weighted by molar-refractivity contribution is 1.31. The summed E-state index contributed by atoms with van der Waals surface area (Å²) in [5.74, 6) is 0. The molecule has 2 aromatic heterocycles. The number of nitrogens with zero attached hydrogens (tertiary/aromatic N) is 2. The van der Waals surface area contributed by atoms with Crippen LogP contribution < -0.4 is 0 Å². The fraction of sp³-hybridized carbons (Fsp3) is 0. The second kappa shape index (κ2) is 5.61. The number of hydrogen-bond donors (Lipinski definition) is 0. The summed E-state index contributed by atoms with van der Waals surface area (Å²) in [6.45, 7) is 0. The predicted molar refractivity (Wildman–Crippen MR) is 63.7 cm³/mol. The Morgan fingerprint density at radius 1 is 0.812 bits per heavy atom. The standard InChI is InChI=1S/C9H6N.C5H4N/c1-2-4-9-7-10-6-5-8(9)3-1;1-2-4-6-5-3-1/h1-6H;1-4H. The summed E-state index contributed by atoms with van der Waals surface area (Å²) < 4.78 is 0. The number of pyridine rings is 2. The number of rotatable bonds is 0. The van der Waals surface area contributed by atoms with Gasteiger partial charge >= 0.3 is 0 Å². The first-order valence-electron chi connectivity index (χ1n) is 4.95. The second-order valence-electron chi connectivity index (χ2n) is 3.10. The van der Waals surface area contributed by atoms with Crippen LogP contribution in [0, 0.1) is 12.4 Å². The van der Waals surface area contributed by atoms with E-state index in [0.29, 0.717) is 0 Å². The normalized spacial score (nSPS) is 9.25. The molecule has 0 spiro atoms. The Bertz CT molecular complexity index is 443. The Morgan fingerprint density at radius 3 is 2.38 bits per heavy atom. The highest BCUT2D eigenvalue weighted by Crippen LogP contribution is 2.08. The van der Waals surface area contributed by atoms with E-state index in [1.165, 1.54) is 5.39 Å². The Morgan fingerprint density at radius 2 is 1.75 bits per heavy atom. The monoisotopic (exact) mass is 206 g/mol. The van der Waals surface area contributed by atoms with E-state index in [-0.39, 0.29) is 0 Å². The van der Waals surface area contributed by atoms with Gasteiger partial charge in [-0.25, -0.2) is 0 Å². The van der Waals surface area contributed by atoms with Gasteiger partial charge in [-0.3, -0.25) is 9.97 Å². The molecule has 0 amide bonds. The molecule has 0 saturated carbocycles. The number of fused-ring (bicyclic) bond motifs is 1. The van der Waals surface area contributed by atoms with Crippen molar-refractivity contribution in [2.24, 2.45) is 0 Å². The van der Waals surface area contributed by atoms with E-state index in [9.17, 15) is 0 Å². The molecule has 2 heterocycles. The van der Waals surface area contributed by atoms with E-state index in [1.54, 1.807) is 18.5 Å². The first-order valence-corrected chi connectivity index (χ1v) is 4.95. The highest BCUT2D eigenvalue weighted by atomic mass is 14.6. The molecule has 0 bridgehead atoms. The van der Waals surface area contributed by atoms with E-state index in [1.807, 2.05) is 42.5 Å². The molecule has 0 aliphatic rings. The molecule has 0 atom stereocenters. The third-order valence-corrected chi connectivity index (χ3v) is 1.99. The van der Waals surface area contributed by atoms with Crippen LogP contribution in [0.2, 0.25) is 0 Å². The molecule has 0 fully saturated rings. The summed E-state index contributed by atoms with van der Waals surface area (Å²) in [4.78, 5) is 7.55. The third-order valence-electron chi connectivity index (χ3n) is 1.99. The van der Waals surface area contributed by atoms with Crippen molar-refractivity contribution in [3.63, 3.8) is 0 Å². The maximum atomic E-state index is 3.89. The summed E-state index contributed by atoms with van der Waals surface area (Å²) in [6.07, 6.45) is 8.99. The minimum atomic E-state index is 1.07. The summed E-state index contributed by atoms with van der Waals surface area (Å²) in [5.41, 5.74) is 0. The summed E-state index contributed by atoms with van der Waals surface area (Å²) in [6, 6.07) is 15.5. The quantitative estimate of drug-likeness (QED) is 0.565. The molecule has 16 heavy (non-hydrogen) atoms. The van der Waals surface area contributed by atoms with E-state index in [4.69, 9.17) is 0 Å². The molecule has 3 rings (SSSR count). The molecular formula is C14H10N2. The molecule has 0 N–H and O–H groups in total. The van der Waals surface area contributed by atoms with Gasteiger partial charge in [-0.05, 0) is 23.6 Å². The van der Waals surface area contributed by atoms with Crippen LogP contribution in [0.3, 0.4) is 0 Å². The van der Waals surface area contributed by atoms with Gasteiger partial charge in [0.2, 0.25) is 0 Å². The first kappa shape index (κ1) is 10.3. The molecule has 0 aliphatic carbocycles. The van der Waals surface area contributed by atoms with Crippen LogP contribution in [0.5, 0.6) is 0 Å². The average Bonchev–Trinajstić information content (AvgIpc) is 2.42. The van der Waals surface area contributed by atoms with Crippen molar-refractivity contribution in [3.05, 3.63) is 73.3 Å². The molecule has 0 saturated heterocycles. The Labute approximate surface area is 94.6 Å². The van der Waals surface area contributed by atoms with Gasteiger partial charge in [-0.1, -0.05) is 30.3 Å². The lowest BCUT2D eigenvalue weighted by Crippen LogP contribution is -1.72. The maximum Gasteiger partial charge on any atom is 0.0970 e. The highest BCUT2D eigenvalue weighted by molar-refractivity contribution is 5.80. The van der Waals surface area contributed by atoms with Gasteiger partial charge in [0.05, 0.1) is 12.4 Å². The lowest BCUT2D eigenvalue weighted by Gasteiger charge is -1.91. The number of hydrogen-bond acceptors (Lipinski definition) is 2. The topological polar surface area (TPSA) is 25.8 Å². The molecule has 3 aromatic rings. The Balaban J connectivity index is 0.000000138.